The predicted molar refractivity (Wildman–Crippen MR) is 191 cm³/mol. The van der Waals surface area contributed by atoms with E-state index in [0.717, 1.165) is 6.07 Å². The molecule has 0 spiro atoms. The molecule has 274 valence electrons. The number of carbonyl (C=O) groups is 3. The number of carboxylic acid groups (broad SMARTS) is 1. The number of hydrogen-bond donors (Lipinski definition) is 8. The van der Waals surface area contributed by atoms with Crippen LogP contribution in [-0.4, -0.2) is 68.4 Å². The molecule has 2 amide bonds. The van der Waals surface area contributed by atoms with E-state index in [1.54, 1.807) is 30.3 Å². The van der Waals surface area contributed by atoms with Crippen molar-refractivity contribution in [1.29, 1.82) is 0 Å². The second kappa shape index (κ2) is 15.7. The van der Waals surface area contributed by atoms with E-state index in [9.17, 15) is 44.0 Å². The van der Waals surface area contributed by atoms with Crippen molar-refractivity contribution < 1.29 is 43.9 Å². The van der Waals surface area contributed by atoms with Crippen molar-refractivity contribution in [3.8, 4) is 11.5 Å². The third kappa shape index (κ3) is 8.20. The molecule has 13 nitrogen and oxygen atoms in total. The Bertz CT molecular complexity index is 2210. The first-order valence-corrected chi connectivity index (χ1v) is 16.8. The number of aromatic nitrogens is 1. The van der Waals surface area contributed by atoms with Crippen LogP contribution in [0.15, 0.2) is 102 Å². The molecule has 0 radical (unpaired) electrons. The van der Waals surface area contributed by atoms with Gasteiger partial charge < -0.3 is 46.1 Å². The van der Waals surface area contributed by atoms with E-state index < -0.39 is 40.9 Å². The van der Waals surface area contributed by atoms with Gasteiger partial charge in [-0.2, -0.15) is 0 Å². The van der Waals surface area contributed by atoms with Crippen molar-refractivity contribution in [1.82, 2.24) is 20.9 Å². The molecule has 0 aliphatic heterocycles. The van der Waals surface area contributed by atoms with Crippen LogP contribution in [0.2, 0.25) is 0 Å². The molecule has 1 saturated carbocycles. The van der Waals surface area contributed by atoms with Crippen molar-refractivity contribution in [2.75, 3.05) is 13.2 Å². The second-order valence-corrected chi connectivity index (χ2v) is 12.8. The SMILES string of the molecule is O=C(COc1cccc(C(O)(C(=O)O)c2ccccc2)c1)NC1CC(NC(=O)c2ccc(CNCC(O)c3ccc(O)c4[nH]c(=O)ccc34)c(F)c2)C1. The lowest BCUT2D eigenvalue weighted by Gasteiger charge is -2.36. The lowest BCUT2D eigenvalue weighted by molar-refractivity contribution is -0.155. The predicted octanol–water partition coefficient (Wildman–Crippen LogP) is 2.97. The smallest absolute Gasteiger partial charge is 0.345 e. The van der Waals surface area contributed by atoms with Gasteiger partial charge in [-0.3, -0.25) is 14.4 Å². The molecule has 4 aromatic carbocycles. The molecule has 1 aliphatic rings. The summed E-state index contributed by atoms with van der Waals surface area (Å²) >= 11 is 0. The average molecular weight is 725 g/mol. The third-order valence-corrected chi connectivity index (χ3v) is 9.20. The second-order valence-electron chi connectivity index (χ2n) is 12.8. The summed E-state index contributed by atoms with van der Waals surface area (Å²) in [5.74, 6) is -2.89. The van der Waals surface area contributed by atoms with Crippen molar-refractivity contribution >= 4 is 28.7 Å². The number of phenolic OH excluding ortho intramolecular Hbond substituents is 1. The Labute approximate surface area is 302 Å². The molecule has 1 heterocycles. The highest BCUT2D eigenvalue weighted by atomic mass is 19.1. The minimum absolute atomic E-state index is 0.0469. The standard InChI is InChI=1S/C39H37FN4O9/c40-31-15-22(9-10-23(31)19-41-20-33(46)29-11-13-32(45)36-30(29)12-14-34(47)44-36)37(49)43-27-17-26(18-27)42-35(48)21-53-28-8-4-7-25(16-28)39(52,38(50)51)24-5-2-1-3-6-24/h1-16,26-27,33,41,45-46,52H,17-21H2,(H,42,48)(H,43,49)(H,44,47)(H,50,51). The van der Waals surface area contributed by atoms with Crippen LogP contribution in [0.4, 0.5) is 4.39 Å². The number of aromatic amines is 1. The van der Waals surface area contributed by atoms with E-state index in [-0.39, 0.29) is 71.0 Å². The third-order valence-electron chi connectivity index (χ3n) is 9.20. The molecule has 2 atom stereocenters. The Morgan fingerprint density at radius 3 is 2.38 bits per heavy atom. The zero-order valence-electron chi connectivity index (χ0n) is 28.2. The van der Waals surface area contributed by atoms with Gasteiger partial charge in [-0.1, -0.05) is 54.6 Å². The van der Waals surface area contributed by atoms with Gasteiger partial charge in [0.2, 0.25) is 11.2 Å². The lowest BCUT2D eigenvalue weighted by Crippen LogP contribution is -2.54. The molecular formula is C39H37FN4O9. The minimum Gasteiger partial charge on any atom is -0.506 e. The molecule has 8 N–H and O–H groups in total. The van der Waals surface area contributed by atoms with Gasteiger partial charge in [-0.25, -0.2) is 9.18 Å². The Balaban J connectivity index is 0.938. The number of aliphatic hydroxyl groups is 2. The van der Waals surface area contributed by atoms with Gasteiger partial charge in [0.05, 0.1) is 11.6 Å². The number of halogens is 1. The number of pyridine rings is 1. The fourth-order valence-electron chi connectivity index (χ4n) is 6.28. The number of aromatic hydroxyl groups is 1. The van der Waals surface area contributed by atoms with Crippen LogP contribution >= 0.6 is 0 Å². The van der Waals surface area contributed by atoms with Gasteiger partial charge in [0.15, 0.2) is 6.61 Å². The quantitative estimate of drug-likeness (QED) is 0.0840. The van der Waals surface area contributed by atoms with Gasteiger partial charge in [0.25, 0.3) is 11.8 Å². The van der Waals surface area contributed by atoms with Gasteiger partial charge >= 0.3 is 5.97 Å². The fraction of sp³-hybridized carbons (Fsp3) is 0.231. The number of nitrogens with one attached hydrogen (secondary N) is 4. The van der Waals surface area contributed by atoms with E-state index >= 15 is 0 Å². The topological polar surface area (TPSA) is 210 Å². The number of aliphatic carboxylic acids is 1. The van der Waals surface area contributed by atoms with Crippen LogP contribution < -0.4 is 26.2 Å². The maximum atomic E-state index is 14.9. The summed E-state index contributed by atoms with van der Waals surface area (Å²) in [7, 11) is 0. The number of carbonyl (C=O) groups excluding carboxylic acids is 2. The number of hydrogen-bond acceptors (Lipinski definition) is 9. The van der Waals surface area contributed by atoms with Crippen LogP contribution in [0.1, 0.15) is 51.6 Å². The monoisotopic (exact) mass is 724 g/mol. The van der Waals surface area contributed by atoms with Crippen LogP contribution in [0, 0.1) is 5.82 Å². The molecule has 5 aromatic rings. The molecule has 1 aliphatic carbocycles. The summed E-state index contributed by atoms with van der Waals surface area (Å²) in [5.41, 5.74) is -1.39. The number of carboxylic acids is 1. The molecule has 6 rings (SSSR count). The van der Waals surface area contributed by atoms with Crippen LogP contribution in [0.3, 0.4) is 0 Å². The van der Waals surface area contributed by atoms with E-state index in [0.29, 0.717) is 23.8 Å². The summed E-state index contributed by atoms with van der Waals surface area (Å²) in [6.45, 7) is -0.247. The zero-order chi connectivity index (χ0) is 37.7. The van der Waals surface area contributed by atoms with Crippen molar-refractivity contribution in [3.05, 3.63) is 141 Å². The normalized spacial score (nSPS) is 16.9. The molecule has 1 aromatic heterocycles. The Morgan fingerprint density at radius 1 is 0.906 bits per heavy atom. The highest BCUT2D eigenvalue weighted by Crippen LogP contribution is 2.32. The van der Waals surface area contributed by atoms with Crippen LogP contribution in [0.25, 0.3) is 10.9 Å². The molecule has 53 heavy (non-hydrogen) atoms. The summed E-state index contributed by atoms with van der Waals surface area (Å²) < 4.78 is 20.5. The molecule has 0 saturated heterocycles. The minimum atomic E-state index is -2.32. The average Bonchev–Trinajstić information content (AvgIpc) is 3.14. The van der Waals surface area contributed by atoms with Gasteiger partial charge in [-0.05, 0) is 60.4 Å². The first-order chi connectivity index (χ1) is 25.4. The van der Waals surface area contributed by atoms with Gasteiger partial charge in [0, 0.05) is 53.3 Å². The summed E-state index contributed by atoms with van der Waals surface area (Å²) in [4.78, 5) is 51.7. The molecule has 14 heteroatoms. The largest absolute Gasteiger partial charge is 0.506 e. The number of amides is 2. The Kier molecular flexibility index (Phi) is 10.8. The van der Waals surface area contributed by atoms with Gasteiger partial charge in [0.1, 0.15) is 17.3 Å². The lowest BCUT2D eigenvalue weighted by atomic mass is 9.86. The maximum absolute atomic E-state index is 14.9. The number of H-pyrrole nitrogens is 1. The van der Waals surface area contributed by atoms with E-state index in [4.69, 9.17) is 4.74 Å². The number of phenols is 1. The first-order valence-electron chi connectivity index (χ1n) is 16.8. The number of rotatable bonds is 14. The summed E-state index contributed by atoms with van der Waals surface area (Å²) in [6.07, 6.45) is -0.115. The molecular weight excluding hydrogens is 687 g/mol. The van der Waals surface area contributed by atoms with E-state index in [2.05, 4.69) is 20.9 Å². The van der Waals surface area contributed by atoms with E-state index in [1.807, 2.05) is 0 Å². The number of benzene rings is 4. The molecule has 2 unspecified atom stereocenters. The number of fused-ring (bicyclic) bond motifs is 1. The molecule has 0 bridgehead atoms. The van der Waals surface area contributed by atoms with Crippen molar-refractivity contribution in [2.45, 2.75) is 43.2 Å². The Morgan fingerprint density at radius 2 is 1.64 bits per heavy atom. The maximum Gasteiger partial charge on any atom is 0.345 e. The Hall–Kier alpha value is -6.09. The molecule has 1 fully saturated rings. The number of ether oxygens (including phenoxy) is 1. The number of aliphatic hydroxyl groups excluding tert-OH is 1. The summed E-state index contributed by atoms with van der Waals surface area (Å²) in [5, 5.41) is 50.8. The van der Waals surface area contributed by atoms with E-state index in [1.165, 1.54) is 60.7 Å². The van der Waals surface area contributed by atoms with Crippen molar-refractivity contribution in [3.63, 3.8) is 0 Å². The van der Waals surface area contributed by atoms with Gasteiger partial charge in [-0.15, -0.1) is 0 Å². The fourth-order valence-corrected chi connectivity index (χ4v) is 6.28. The highest BCUT2D eigenvalue weighted by molar-refractivity contribution is 5.94. The first kappa shape index (κ1) is 36.7. The zero-order valence-corrected chi connectivity index (χ0v) is 28.2. The van der Waals surface area contributed by atoms with Crippen LogP contribution in [-0.2, 0) is 21.7 Å². The highest BCUT2D eigenvalue weighted by Gasteiger charge is 2.40. The van der Waals surface area contributed by atoms with Crippen LogP contribution in [0.5, 0.6) is 11.5 Å². The summed E-state index contributed by atoms with van der Waals surface area (Å²) in [6, 6.07) is 23.2. The van der Waals surface area contributed by atoms with Crippen molar-refractivity contribution in [2.24, 2.45) is 0 Å².